The Labute approximate surface area is 123 Å². The van der Waals surface area contributed by atoms with Crippen molar-refractivity contribution in [2.45, 2.75) is 20.0 Å². The van der Waals surface area contributed by atoms with Crippen LogP contribution in [-0.4, -0.2) is 20.6 Å². The van der Waals surface area contributed by atoms with Crippen molar-refractivity contribution in [1.82, 2.24) is 14.5 Å². The van der Waals surface area contributed by atoms with Crippen molar-refractivity contribution < 1.29 is 4.74 Å². The molecule has 3 rings (SSSR count). The molecule has 0 bridgehead atoms. The van der Waals surface area contributed by atoms with Crippen LogP contribution in [0.4, 0.5) is 11.5 Å². The third-order valence-corrected chi connectivity index (χ3v) is 3.16. The Bertz CT molecular complexity index is 764. The molecule has 3 aromatic rings. The van der Waals surface area contributed by atoms with Crippen LogP contribution in [0.2, 0.25) is 0 Å². The number of aryl methyl sites for hydroxylation is 1. The van der Waals surface area contributed by atoms with Gasteiger partial charge in [0.25, 0.3) is 0 Å². The van der Waals surface area contributed by atoms with Gasteiger partial charge in [-0.1, -0.05) is 12.1 Å². The summed E-state index contributed by atoms with van der Waals surface area (Å²) in [6, 6.07) is 9.86. The summed E-state index contributed by atoms with van der Waals surface area (Å²) in [4.78, 5) is 8.64. The number of ether oxygens (including phenoxy) is 1. The molecule has 0 unspecified atom stereocenters. The third-order valence-electron chi connectivity index (χ3n) is 3.16. The molecule has 0 aliphatic rings. The smallest absolute Gasteiger partial charge is 0.145 e. The molecule has 2 aromatic heterocycles. The number of nitrogens with zero attached hydrogens (tertiary/aromatic N) is 3. The quantitative estimate of drug-likeness (QED) is 0.795. The van der Waals surface area contributed by atoms with E-state index in [2.05, 4.69) is 15.3 Å². The van der Waals surface area contributed by atoms with E-state index in [0.717, 1.165) is 28.3 Å². The van der Waals surface area contributed by atoms with E-state index in [0.29, 0.717) is 0 Å². The largest absolute Gasteiger partial charge is 0.489 e. The van der Waals surface area contributed by atoms with Crippen LogP contribution in [0.5, 0.6) is 5.75 Å². The molecule has 0 amide bonds. The summed E-state index contributed by atoms with van der Waals surface area (Å²) < 4.78 is 7.79. The monoisotopic (exact) mass is 282 g/mol. The third kappa shape index (κ3) is 2.67. The van der Waals surface area contributed by atoms with Crippen molar-refractivity contribution in [3.8, 4) is 5.75 Å². The van der Waals surface area contributed by atoms with Crippen LogP contribution in [0.25, 0.3) is 11.0 Å². The molecule has 0 aliphatic heterocycles. The van der Waals surface area contributed by atoms with Crippen molar-refractivity contribution in [2.24, 2.45) is 7.05 Å². The van der Waals surface area contributed by atoms with E-state index in [9.17, 15) is 0 Å². The van der Waals surface area contributed by atoms with Gasteiger partial charge < -0.3 is 14.6 Å². The summed E-state index contributed by atoms with van der Waals surface area (Å²) >= 11 is 0. The van der Waals surface area contributed by atoms with Gasteiger partial charge in [0, 0.05) is 13.2 Å². The molecule has 1 aromatic carbocycles. The molecule has 1 N–H and O–H groups in total. The van der Waals surface area contributed by atoms with Crippen LogP contribution in [-0.2, 0) is 7.05 Å². The molecular formula is C16H18N4O. The summed E-state index contributed by atoms with van der Waals surface area (Å²) in [6.45, 7) is 4.02. The second-order valence-corrected chi connectivity index (χ2v) is 5.17. The maximum Gasteiger partial charge on any atom is 0.145 e. The lowest BCUT2D eigenvalue weighted by Crippen LogP contribution is -2.07. The van der Waals surface area contributed by atoms with Crippen LogP contribution in [0.3, 0.4) is 0 Å². The summed E-state index contributed by atoms with van der Waals surface area (Å²) in [7, 11) is 1.97. The van der Waals surface area contributed by atoms with Crippen molar-refractivity contribution in [1.29, 1.82) is 0 Å². The number of rotatable bonds is 4. The van der Waals surface area contributed by atoms with Crippen molar-refractivity contribution in [3.63, 3.8) is 0 Å². The molecule has 0 aliphatic carbocycles. The maximum atomic E-state index is 5.82. The Kier molecular flexibility index (Phi) is 3.48. The van der Waals surface area contributed by atoms with E-state index in [1.165, 1.54) is 0 Å². The normalized spacial score (nSPS) is 11.0. The zero-order valence-electron chi connectivity index (χ0n) is 12.4. The van der Waals surface area contributed by atoms with Gasteiger partial charge in [-0.05, 0) is 32.0 Å². The first-order valence-corrected chi connectivity index (χ1v) is 6.94. The summed E-state index contributed by atoms with van der Waals surface area (Å²) in [5, 5.41) is 4.33. The highest BCUT2D eigenvalue weighted by atomic mass is 16.5. The number of anilines is 2. The maximum absolute atomic E-state index is 5.82. The van der Waals surface area contributed by atoms with Gasteiger partial charge in [-0.25, -0.2) is 9.97 Å². The lowest BCUT2D eigenvalue weighted by Gasteiger charge is -2.15. The van der Waals surface area contributed by atoms with Gasteiger partial charge in [0.2, 0.25) is 0 Å². The van der Waals surface area contributed by atoms with Crippen molar-refractivity contribution >= 4 is 22.5 Å². The van der Waals surface area contributed by atoms with Crippen LogP contribution < -0.4 is 10.1 Å². The van der Waals surface area contributed by atoms with E-state index in [4.69, 9.17) is 4.74 Å². The van der Waals surface area contributed by atoms with E-state index in [-0.39, 0.29) is 6.10 Å². The highest BCUT2D eigenvalue weighted by molar-refractivity contribution is 5.89. The SMILES string of the molecule is CC(C)Oc1ccccc1Nc1ncnc2c1ccn2C. The lowest BCUT2D eigenvalue weighted by atomic mass is 10.2. The molecule has 0 radical (unpaired) electrons. The molecule has 0 saturated carbocycles. The minimum atomic E-state index is 0.120. The highest BCUT2D eigenvalue weighted by Crippen LogP contribution is 2.30. The highest BCUT2D eigenvalue weighted by Gasteiger charge is 2.10. The number of hydrogen-bond donors (Lipinski definition) is 1. The minimum Gasteiger partial charge on any atom is -0.489 e. The number of para-hydroxylation sites is 2. The molecule has 5 heteroatoms. The van der Waals surface area contributed by atoms with Gasteiger partial charge in [0.1, 0.15) is 23.5 Å². The molecule has 108 valence electrons. The second-order valence-electron chi connectivity index (χ2n) is 5.17. The first-order valence-electron chi connectivity index (χ1n) is 6.94. The Morgan fingerprint density at radius 1 is 1.14 bits per heavy atom. The Hall–Kier alpha value is -2.56. The topological polar surface area (TPSA) is 52.0 Å². The summed E-state index contributed by atoms with van der Waals surface area (Å²) in [6.07, 6.45) is 3.66. The number of hydrogen-bond acceptors (Lipinski definition) is 4. The number of benzene rings is 1. The molecule has 0 saturated heterocycles. The lowest BCUT2D eigenvalue weighted by molar-refractivity contribution is 0.244. The van der Waals surface area contributed by atoms with Gasteiger partial charge in [-0.2, -0.15) is 0 Å². The average molecular weight is 282 g/mol. The van der Waals surface area contributed by atoms with E-state index in [1.807, 2.05) is 62.0 Å². The predicted molar refractivity (Wildman–Crippen MR) is 84.0 cm³/mol. The van der Waals surface area contributed by atoms with Crippen molar-refractivity contribution in [2.75, 3.05) is 5.32 Å². The Morgan fingerprint density at radius 3 is 2.76 bits per heavy atom. The zero-order valence-corrected chi connectivity index (χ0v) is 12.4. The van der Waals surface area contributed by atoms with Crippen LogP contribution >= 0.6 is 0 Å². The van der Waals surface area contributed by atoms with E-state index in [1.54, 1.807) is 6.33 Å². The number of aromatic nitrogens is 3. The zero-order chi connectivity index (χ0) is 14.8. The van der Waals surface area contributed by atoms with E-state index < -0.39 is 0 Å². The molecule has 21 heavy (non-hydrogen) atoms. The molecule has 5 nitrogen and oxygen atoms in total. The molecular weight excluding hydrogens is 264 g/mol. The number of fused-ring (bicyclic) bond motifs is 1. The van der Waals surface area contributed by atoms with Gasteiger partial charge in [0.05, 0.1) is 17.2 Å². The molecule has 2 heterocycles. The second kappa shape index (κ2) is 5.44. The van der Waals surface area contributed by atoms with Gasteiger partial charge >= 0.3 is 0 Å². The molecule has 0 spiro atoms. The predicted octanol–water partition coefficient (Wildman–Crippen LogP) is 3.50. The van der Waals surface area contributed by atoms with Crippen LogP contribution in [0, 0.1) is 0 Å². The van der Waals surface area contributed by atoms with Gasteiger partial charge in [-0.3, -0.25) is 0 Å². The average Bonchev–Trinajstić information content (AvgIpc) is 2.83. The summed E-state index contributed by atoms with van der Waals surface area (Å²) in [5.74, 6) is 1.59. The fourth-order valence-corrected chi connectivity index (χ4v) is 2.23. The fourth-order valence-electron chi connectivity index (χ4n) is 2.23. The first-order chi connectivity index (χ1) is 10.1. The minimum absolute atomic E-state index is 0.120. The first kappa shape index (κ1) is 13.4. The Morgan fingerprint density at radius 2 is 1.95 bits per heavy atom. The number of nitrogens with one attached hydrogen (secondary N) is 1. The van der Waals surface area contributed by atoms with Gasteiger partial charge in [0.15, 0.2) is 0 Å². The van der Waals surface area contributed by atoms with Gasteiger partial charge in [-0.15, -0.1) is 0 Å². The standard InChI is InChI=1S/C16H18N4O/c1-11(2)21-14-7-5-4-6-13(14)19-15-12-8-9-20(3)16(12)18-10-17-15/h4-11H,1-3H3,(H,17,18,19). The molecule has 0 atom stereocenters. The van der Waals surface area contributed by atoms with Crippen LogP contribution in [0.1, 0.15) is 13.8 Å². The van der Waals surface area contributed by atoms with Crippen molar-refractivity contribution in [3.05, 3.63) is 42.9 Å². The fraction of sp³-hybridized carbons (Fsp3) is 0.250. The van der Waals surface area contributed by atoms with Crippen LogP contribution in [0.15, 0.2) is 42.9 Å². The Balaban J connectivity index is 1.99. The van der Waals surface area contributed by atoms with E-state index >= 15 is 0 Å². The molecule has 0 fully saturated rings. The summed E-state index contributed by atoms with van der Waals surface area (Å²) in [5.41, 5.74) is 1.80.